The summed E-state index contributed by atoms with van der Waals surface area (Å²) in [6.07, 6.45) is -1.68. The predicted molar refractivity (Wildman–Crippen MR) is 53.3 cm³/mol. The van der Waals surface area contributed by atoms with Gasteiger partial charge in [0.1, 0.15) is 6.61 Å². The van der Waals surface area contributed by atoms with E-state index in [0.717, 1.165) is 12.8 Å². The number of nitrogens with one attached hydrogen (secondary N) is 1. The molecule has 0 aromatic carbocycles. The molecule has 0 bridgehead atoms. The Balaban J connectivity index is 1.89. The van der Waals surface area contributed by atoms with Gasteiger partial charge in [0.25, 0.3) is 0 Å². The van der Waals surface area contributed by atoms with Crippen molar-refractivity contribution >= 4 is 0 Å². The fraction of sp³-hybridized carbons (Fsp3) is 1.00. The molecule has 1 aliphatic rings. The van der Waals surface area contributed by atoms with Crippen LogP contribution >= 0.6 is 0 Å². The second-order valence-corrected chi connectivity index (χ2v) is 4.02. The molecule has 1 rings (SSSR count). The van der Waals surface area contributed by atoms with E-state index >= 15 is 0 Å². The monoisotopic (exact) mass is 241 g/mol. The molecule has 1 N–H and O–H groups in total. The first-order valence-electron chi connectivity index (χ1n) is 5.48. The summed E-state index contributed by atoms with van der Waals surface area (Å²) >= 11 is 0. The van der Waals surface area contributed by atoms with E-state index < -0.39 is 12.8 Å². The molecule has 3 nitrogen and oxygen atoms in total. The second kappa shape index (κ2) is 6.42. The Kier molecular flexibility index (Phi) is 5.51. The average molecular weight is 241 g/mol. The fourth-order valence-electron chi connectivity index (χ4n) is 1.63. The lowest BCUT2D eigenvalue weighted by Gasteiger charge is -2.12. The Labute approximate surface area is 93.3 Å². The van der Waals surface area contributed by atoms with Crippen LogP contribution in [0, 0.1) is 0 Å². The van der Waals surface area contributed by atoms with Crippen molar-refractivity contribution in [2.45, 2.75) is 38.1 Å². The molecule has 0 aromatic heterocycles. The zero-order valence-corrected chi connectivity index (χ0v) is 9.35. The summed E-state index contributed by atoms with van der Waals surface area (Å²) in [5.74, 6) is 0. The molecule has 0 aliphatic carbocycles. The number of hydrogen-bond donors (Lipinski definition) is 1. The van der Waals surface area contributed by atoms with Crippen molar-refractivity contribution in [1.82, 2.24) is 5.32 Å². The lowest BCUT2D eigenvalue weighted by Crippen LogP contribution is -2.30. The van der Waals surface area contributed by atoms with E-state index in [2.05, 4.69) is 10.1 Å². The highest BCUT2D eigenvalue weighted by Crippen LogP contribution is 2.18. The maximum atomic E-state index is 11.7. The lowest BCUT2D eigenvalue weighted by atomic mass is 10.2. The first kappa shape index (κ1) is 13.7. The SMILES string of the molecule is CC1CCC(CNCCOCC(F)(F)F)O1. The quantitative estimate of drug-likeness (QED) is 0.718. The Morgan fingerprint density at radius 1 is 1.38 bits per heavy atom. The smallest absolute Gasteiger partial charge is 0.374 e. The molecule has 1 aliphatic heterocycles. The fourth-order valence-corrected chi connectivity index (χ4v) is 1.63. The number of alkyl halides is 3. The average Bonchev–Trinajstić information content (AvgIpc) is 2.56. The first-order valence-corrected chi connectivity index (χ1v) is 5.48. The number of rotatable bonds is 6. The van der Waals surface area contributed by atoms with Crippen LogP contribution in [0.15, 0.2) is 0 Å². The molecule has 16 heavy (non-hydrogen) atoms. The van der Waals surface area contributed by atoms with Gasteiger partial charge in [0.2, 0.25) is 0 Å². The number of halogens is 3. The van der Waals surface area contributed by atoms with Gasteiger partial charge in [-0.15, -0.1) is 0 Å². The molecule has 0 spiro atoms. The summed E-state index contributed by atoms with van der Waals surface area (Å²) in [5.41, 5.74) is 0. The zero-order chi connectivity index (χ0) is 12.0. The number of ether oxygens (including phenoxy) is 2. The van der Waals surface area contributed by atoms with Gasteiger partial charge < -0.3 is 14.8 Å². The van der Waals surface area contributed by atoms with Crippen molar-refractivity contribution in [2.24, 2.45) is 0 Å². The molecule has 2 atom stereocenters. The molecule has 0 radical (unpaired) electrons. The molecule has 0 aromatic rings. The summed E-state index contributed by atoms with van der Waals surface area (Å²) in [6, 6.07) is 0. The standard InChI is InChI=1S/C10H18F3NO2/c1-8-2-3-9(16-8)6-14-4-5-15-7-10(11,12)13/h8-9,14H,2-7H2,1H3. The minimum atomic E-state index is -4.23. The zero-order valence-electron chi connectivity index (χ0n) is 9.35. The van der Waals surface area contributed by atoms with Gasteiger partial charge in [-0.25, -0.2) is 0 Å². The highest BCUT2D eigenvalue weighted by Gasteiger charge is 2.27. The summed E-state index contributed by atoms with van der Waals surface area (Å²) in [5, 5.41) is 3.02. The van der Waals surface area contributed by atoms with E-state index in [0.29, 0.717) is 19.2 Å². The van der Waals surface area contributed by atoms with E-state index in [9.17, 15) is 13.2 Å². The van der Waals surface area contributed by atoms with Crippen LogP contribution in [0.2, 0.25) is 0 Å². The Bertz CT molecular complexity index is 199. The Hall–Kier alpha value is -0.330. The number of hydrogen-bond acceptors (Lipinski definition) is 3. The van der Waals surface area contributed by atoms with Gasteiger partial charge in [-0.3, -0.25) is 0 Å². The van der Waals surface area contributed by atoms with Crippen molar-refractivity contribution in [2.75, 3.05) is 26.3 Å². The maximum Gasteiger partial charge on any atom is 0.411 e. The highest BCUT2D eigenvalue weighted by molar-refractivity contribution is 4.72. The maximum absolute atomic E-state index is 11.7. The van der Waals surface area contributed by atoms with Gasteiger partial charge >= 0.3 is 6.18 Å². The molecule has 6 heteroatoms. The second-order valence-electron chi connectivity index (χ2n) is 4.02. The highest BCUT2D eigenvalue weighted by atomic mass is 19.4. The third-order valence-electron chi connectivity index (χ3n) is 2.38. The molecular formula is C10H18F3NO2. The Morgan fingerprint density at radius 2 is 2.12 bits per heavy atom. The van der Waals surface area contributed by atoms with Gasteiger partial charge in [-0.1, -0.05) is 0 Å². The van der Waals surface area contributed by atoms with Crippen LogP contribution in [0.1, 0.15) is 19.8 Å². The van der Waals surface area contributed by atoms with Gasteiger partial charge in [-0.2, -0.15) is 13.2 Å². The van der Waals surface area contributed by atoms with Crippen molar-refractivity contribution < 1.29 is 22.6 Å². The van der Waals surface area contributed by atoms with E-state index in [1.807, 2.05) is 6.92 Å². The van der Waals surface area contributed by atoms with Crippen LogP contribution in [0.4, 0.5) is 13.2 Å². The molecule has 1 saturated heterocycles. The normalized spacial score (nSPS) is 26.2. The first-order chi connectivity index (χ1) is 7.47. The van der Waals surface area contributed by atoms with Gasteiger partial charge in [-0.05, 0) is 19.8 Å². The topological polar surface area (TPSA) is 30.5 Å². The van der Waals surface area contributed by atoms with Crippen LogP contribution < -0.4 is 5.32 Å². The van der Waals surface area contributed by atoms with E-state index in [1.165, 1.54) is 0 Å². The van der Waals surface area contributed by atoms with Crippen molar-refractivity contribution in [3.8, 4) is 0 Å². The van der Waals surface area contributed by atoms with Crippen LogP contribution in [-0.2, 0) is 9.47 Å². The summed E-state index contributed by atoms with van der Waals surface area (Å²) < 4.78 is 45.1. The molecule has 0 amide bonds. The van der Waals surface area contributed by atoms with Gasteiger partial charge in [0.15, 0.2) is 0 Å². The molecular weight excluding hydrogens is 223 g/mol. The van der Waals surface area contributed by atoms with Crippen molar-refractivity contribution in [3.63, 3.8) is 0 Å². The van der Waals surface area contributed by atoms with Crippen LogP contribution in [-0.4, -0.2) is 44.7 Å². The predicted octanol–water partition coefficient (Wildman–Crippen LogP) is 1.72. The summed E-state index contributed by atoms with van der Waals surface area (Å²) in [6.45, 7) is 2.02. The Morgan fingerprint density at radius 3 is 2.69 bits per heavy atom. The van der Waals surface area contributed by atoms with E-state index in [4.69, 9.17) is 4.74 Å². The third-order valence-corrected chi connectivity index (χ3v) is 2.38. The van der Waals surface area contributed by atoms with Gasteiger partial charge in [0.05, 0.1) is 18.8 Å². The van der Waals surface area contributed by atoms with Crippen LogP contribution in [0.3, 0.4) is 0 Å². The van der Waals surface area contributed by atoms with Crippen LogP contribution in [0.5, 0.6) is 0 Å². The lowest BCUT2D eigenvalue weighted by molar-refractivity contribution is -0.173. The molecule has 2 unspecified atom stereocenters. The largest absolute Gasteiger partial charge is 0.411 e. The van der Waals surface area contributed by atoms with Gasteiger partial charge in [0, 0.05) is 13.1 Å². The van der Waals surface area contributed by atoms with E-state index in [-0.39, 0.29) is 12.7 Å². The molecule has 1 heterocycles. The van der Waals surface area contributed by atoms with E-state index in [1.54, 1.807) is 0 Å². The van der Waals surface area contributed by atoms with Crippen molar-refractivity contribution in [1.29, 1.82) is 0 Å². The summed E-state index contributed by atoms with van der Waals surface area (Å²) in [7, 11) is 0. The van der Waals surface area contributed by atoms with Crippen LogP contribution in [0.25, 0.3) is 0 Å². The molecule has 96 valence electrons. The summed E-state index contributed by atoms with van der Waals surface area (Å²) in [4.78, 5) is 0. The molecule has 1 fully saturated rings. The third kappa shape index (κ3) is 6.30. The molecule has 0 saturated carbocycles. The minimum absolute atomic E-state index is 0.0712. The van der Waals surface area contributed by atoms with Crippen molar-refractivity contribution in [3.05, 3.63) is 0 Å². The minimum Gasteiger partial charge on any atom is -0.374 e.